The van der Waals surface area contributed by atoms with Gasteiger partial charge in [0.15, 0.2) is 0 Å². The van der Waals surface area contributed by atoms with E-state index >= 15 is 0 Å². The van der Waals surface area contributed by atoms with Gasteiger partial charge in [0.2, 0.25) is 5.91 Å². The molecule has 3 aromatic rings. The summed E-state index contributed by atoms with van der Waals surface area (Å²) in [5.41, 5.74) is 0.263. The minimum atomic E-state index is -4.63. The Balaban J connectivity index is 1.42. The van der Waals surface area contributed by atoms with Crippen LogP contribution in [0.15, 0.2) is 60.9 Å². The van der Waals surface area contributed by atoms with E-state index in [1.807, 2.05) is 0 Å². The van der Waals surface area contributed by atoms with E-state index in [-0.39, 0.29) is 12.3 Å². The molecule has 0 radical (unpaired) electrons. The van der Waals surface area contributed by atoms with Crippen molar-refractivity contribution < 1.29 is 32.3 Å². The summed E-state index contributed by atoms with van der Waals surface area (Å²) in [5.74, 6) is -1.49. The molecule has 1 saturated carbocycles. The summed E-state index contributed by atoms with van der Waals surface area (Å²) in [6, 6.07) is 13.4. The van der Waals surface area contributed by atoms with Crippen LogP contribution in [-0.4, -0.2) is 29.5 Å². The Morgan fingerprint density at radius 1 is 1.00 bits per heavy atom. The summed E-state index contributed by atoms with van der Waals surface area (Å²) in [6.07, 6.45) is -0.444. The molecule has 0 unspecified atom stereocenters. The highest BCUT2D eigenvalue weighted by Gasteiger charge is 2.42. The molecular weight excluding hydrogens is 487 g/mol. The molecule has 1 aromatic heterocycles. The van der Waals surface area contributed by atoms with Gasteiger partial charge in [0.1, 0.15) is 0 Å². The number of rotatable bonds is 7. The fourth-order valence-corrected chi connectivity index (χ4v) is 4.43. The first-order chi connectivity index (χ1) is 17.5. The van der Waals surface area contributed by atoms with E-state index in [0.717, 1.165) is 23.7 Å². The van der Waals surface area contributed by atoms with E-state index in [2.05, 4.69) is 15.4 Å². The van der Waals surface area contributed by atoms with Gasteiger partial charge in [-0.2, -0.15) is 13.2 Å². The van der Waals surface area contributed by atoms with Crippen molar-refractivity contribution in [1.82, 2.24) is 9.88 Å². The van der Waals surface area contributed by atoms with Gasteiger partial charge in [-0.15, -0.1) is 0 Å². The average molecular weight is 514 g/mol. The van der Waals surface area contributed by atoms with Crippen molar-refractivity contribution in [2.75, 3.05) is 12.4 Å². The van der Waals surface area contributed by atoms with Crippen LogP contribution in [0.2, 0.25) is 0 Å². The lowest BCUT2D eigenvalue weighted by Crippen LogP contribution is -2.51. The van der Waals surface area contributed by atoms with Crippen molar-refractivity contribution in [3.63, 3.8) is 0 Å². The predicted octanol–water partition coefficient (Wildman–Crippen LogP) is 4.82. The van der Waals surface area contributed by atoms with Crippen LogP contribution < -0.4 is 10.6 Å². The topological polar surface area (TPSA) is 89.4 Å². The molecule has 2 N–H and O–H groups in total. The summed E-state index contributed by atoms with van der Waals surface area (Å²) >= 11 is 0. The number of aromatic nitrogens is 1. The molecule has 1 heterocycles. The molecule has 194 valence electrons. The van der Waals surface area contributed by atoms with Gasteiger partial charge in [0, 0.05) is 25.1 Å². The Morgan fingerprint density at radius 2 is 1.65 bits per heavy atom. The van der Waals surface area contributed by atoms with Crippen LogP contribution in [0.5, 0.6) is 0 Å². The fraction of sp³-hybridized carbons (Fsp3) is 0.296. The number of hydrogen-bond donors (Lipinski definition) is 2. The van der Waals surface area contributed by atoms with Gasteiger partial charge in [-0.05, 0) is 54.7 Å². The molecule has 1 aliphatic carbocycles. The van der Waals surface area contributed by atoms with Gasteiger partial charge in [-0.25, -0.2) is 4.79 Å². The third-order valence-electron chi connectivity index (χ3n) is 6.53. The van der Waals surface area contributed by atoms with Crippen LogP contribution in [-0.2, 0) is 34.7 Å². The summed E-state index contributed by atoms with van der Waals surface area (Å²) in [5, 5.41) is 5.63. The van der Waals surface area contributed by atoms with E-state index in [0.29, 0.717) is 24.1 Å². The summed E-state index contributed by atoms with van der Waals surface area (Å²) in [7, 11) is 2.73. The second kappa shape index (κ2) is 10.1. The first-order valence-electron chi connectivity index (χ1n) is 11.6. The molecule has 7 nitrogen and oxygen atoms in total. The summed E-state index contributed by atoms with van der Waals surface area (Å²) in [6.45, 7) is 0. The Kier molecular flexibility index (Phi) is 7.11. The van der Waals surface area contributed by atoms with Crippen LogP contribution in [0.3, 0.4) is 0 Å². The molecule has 0 bridgehead atoms. The van der Waals surface area contributed by atoms with Crippen molar-refractivity contribution in [2.24, 2.45) is 7.05 Å². The van der Waals surface area contributed by atoms with Crippen molar-refractivity contribution in [3.05, 3.63) is 88.7 Å². The van der Waals surface area contributed by atoms with Crippen molar-refractivity contribution in [1.29, 1.82) is 0 Å². The SMILES string of the molecule is COC(=O)c1ccc(CC(=O)Nc2ccc(C3(NC(=O)c4cn(C)cc4C(F)(F)F)CCC3)cc2)cc1. The number of ether oxygens (including phenoxy) is 1. The third-order valence-corrected chi connectivity index (χ3v) is 6.53. The van der Waals surface area contributed by atoms with Crippen LogP contribution >= 0.6 is 0 Å². The number of aryl methyl sites for hydroxylation is 1. The minimum absolute atomic E-state index is 0.0990. The first kappa shape index (κ1) is 26.0. The molecule has 2 amide bonds. The van der Waals surface area contributed by atoms with Gasteiger partial charge in [0.05, 0.1) is 35.8 Å². The number of nitrogens with zero attached hydrogens (tertiary/aromatic N) is 1. The highest BCUT2D eigenvalue weighted by Crippen LogP contribution is 2.42. The number of alkyl halides is 3. The van der Waals surface area contributed by atoms with Gasteiger partial charge in [-0.3, -0.25) is 9.59 Å². The van der Waals surface area contributed by atoms with Crippen LogP contribution in [0.25, 0.3) is 0 Å². The van der Waals surface area contributed by atoms with Gasteiger partial charge in [0.25, 0.3) is 5.91 Å². The Morgan fingerprint density at radius 3 is 2.19 bits per heavy atom. The molecule has 10 heteroatoms. The molecule has 1 fully saturated rings. The lowest BCUT2D eigenvalue weighted by atomic mass is 9.71. The third kappa shape index (κ3) is 5.68. The number of carbonyl (C=O) groups excluding carboxylic acids is 3. The number of esters is 1. The Labute approximate surface area is 211 Å². The molecule has 0 atom stereocenters. The molecule has 0 spiro atoms. The van der Waals surface area contributed by atoms with Crippen molar-refractivity contribution in [3.8, 4) is 0 Å². The number of methoxy groups -OCH3 is 1. The first-order valence-corrected chi connectivity index (χ1v) is 11.6. The van der Waals surface area contributed by atoms with Crippen LogP contribution in [0.4, 0.5) is 18.9 Å². The zero-order valence-corrected chi connectivity index (χ0v) is 20.3. The lowest BCUT2D eigenvalue weighted by molar-refractivity contribution is -0.138. The van der Waals surface area contributed by atoms with Gasteiger partial charge in [-0.1, -0.05) is 24.3 Å². The maximum Gasteiger partial charge on any atom is 0.418 e. The second-order valence-electron chi connectivity index (χ2n) is 9.13. The van der Waals surface area contributed by atoms with E-state index in [1.165, 1.54) is 24.9 Å². The zero-order chi connectivity index (χ0) is 26.8. The number of amides is 2. The quantitative estimate of drug-likeness (QED) is 0.444. The molecule has 37 heavy (non-hydrogen) atoms. The largest absolute Gasteiger partial charge is 0.465 e. The van der Waals surface area contributed by atoms with Gasteiger partial charge >= 0.3 is 12.1 Å². The number of benzene rings is 2. The molecule has 0 saturated heterocycles. The van der Waals surface area contributed by atoms with E-state index in [4.69, 9.17) is 0 Å². The maximum atomic E-state index is 13.4. The number of carbonyl (C=O) groups is 3. The van der Waals surface area contributed by atoms with Crippen molar-refractivity contribution >= 4 is 23.5 Å². The molecule has 2 aromatic carbocycles. The highest BCUT2D eigenvalue weighted by atomic mass is 19.4. The number of anilines is 1. The monoisotopic (exact) mass is 513 g/mol. The standard InChI is InChI=1S/C27H26F3N3O4/c1-33-15-21(22(16-33)27(28,29)30)24(35)32-26(12-3-13-26)19-8-10-20(11-9-19)31-23(34)14-17-4-6-18(7-5-17)25(36)37-2/h4-11,15-16H,3,12-14H2,1-2H3,(H,31,34)(H,32,35). The van der Waals surface area contributed by atoms with Crippen LogP contribution in [0, 0.1) is 0 Å². The average Bonchev–Trinajstić information content (AvgIpc) is 3.24. The smallest absolute Gasteiger partial charge is 0.418 e. The predicted molar refractivity (Wildman–Crippen MR) is 130 cm³/mol. The summed E-state index contributed by atoms with van der Waals surface area (Å²) < 4.78 is 46.0. The van der Waals surface area contributed by atoms with E-state index in [9.17, 15) is 27.6 Å². The molecule has 1 aliphatic rings. The van der Waals surface area contributed by atoms with Gasteiger partial charge < -0.3 is 19.9 Å². The maximum absolute atomic E-state index is 13.4. The zero-order valence-electron chi connectivity index (χ0n) is 20.3. The van der Waals surface area contributed by atoms with Crippen molar-refractivity contribution in [2.45, 2.75) is 37.4 Å². The molecular formula is C27H26F3N3O4. The van der Waals surface area contributed by atoms with Crippen LogP contribution in [0.1, 0.15) is 56.7 Å². The highest BCUT2D eigenvalue weighted by molar-refractivity contribution is 5.96. The fourth-order valence-electron chi connectivity index (χ4n) is 4.43. The lowest BCUT2D eigenvalue weighted by Gasteiger charge is -2.43. The normalized spacial score (nSPS) is 14.4. The molecule has 4 rings (SSSR count). The minimum Gasteiger partial charge on any atom is -0.465 e. The van der Waals surface area contributed by atoms with E-state index in [1.54, 1.807) is 48.5 Å². The Bertz CT molecular complexity index is 1310. The molecule has 0 aliphatic heterocycles. The summed E-state index contributed by atoms with van der Waals surface area (Å²) in [4.78, 5) is 36.9. The number of hydrogen-bond acceptors (Lipinski definition) is 4. The number of nitrogens with one attached hydrogen (secondary N) is 2. The van der Waals surface area contributed by atoms with E-state index < -0.39 is 34.7 Å². The second-order valence-corrected chi connectivity index (χ2v) is 9.13. The number of halogens is 3. The Hall–Kier alpha value is -4.08.